The number of carbonyl (C=O) groups excluding carboxylic acids is 1. The lowest BCUT2D eigenvalue weighted by Gasteiger charge is -2.40. The van der Waals surface area contributed by atoms with Crippen molar-refractivity contribution in [2.75, 3.05) is 39.4 Å². The minimum atomic E-state index is -0.164. The maximum atomic E-state index is 12.5. The molecule has 4 fully saturated rings. The van der Waals surface area contributed by atoms with Crippen LogP contribution in [0.25, 0.3) is 0 Å². The number of nitrogens with zero attached hydrogens (tertiary/aromatic N) is 2. The third-order valence-corrected chi connectivity index (χ3v) is 5.98. The number of hydrogen-bond donors (Lipinski definition) is 0. The third kappa shape index (κ3) is 2.91. The fourth-order valence-electron chi connectivity index (χ4n) is 4.64. The van der Waals surface area contributed by atoms with Crippen molar-refractivity contribution in [1.29, 1.82) is 0 Å². The SMILES string of the molecule is O=C([C@@H]1C[C@@H]2CCN(C3CCOCC3)C[C@H]2O1)N1CCCC1. The van der Waals surface area contributed by atoms with Gasteiger partial charge in [0.15, 0.2) is 0 Å². The number of likely N-dealkylation sites (tertiary alicyclic amines) is 2. The molecule has 4 rings (SSSR count). The van der Waals surface area contributed by atoms with E-state index in [9.17, 15) is 4.79 Å². The third-order valence-electron chi connectivity index (χ3n) is 5.98. The Morgan fingerprint density at radius 1 is 1.00 bits per heavy atom. The Kier molecular flexibility index (Phi) is 4.38. The second kappa shape index (κ2) is 6.46. The zero-order valence-corrected chi connectivity index (χ0v) is 13.4. The number of fused-ring (bicyclic) bond motifs is 1. The standard InChI is InChI=1S/C17H28N2O3/c20-17(18-6-1-2-7-18)15-11-13-3-8-19(12-16(13)22-15)14-4-9-21-10-5-14/h13-16H,1-12H2/t13-,15-,16+/m0/s1. The number of piperidine rings is 1. The van der Waals surface area contributed by atoms with Crippen LogP contribution in [0.1, 0.15) is 38.5 Å². The van der Waals surface area contributed by atoms with Crippen molar-refractivity contribution >= 4 is 5.91 Å². The van der Waals surface area contributed by atoms with Crippen LogP contribution < -0.4 is 0 Å². The molecule has 22 heavy (non-hydrogen) atoms. The largest absolute Gasteiger partial charge is 0.381 e. The van der Waals surface area contributed by atoms with Gasteiger partial charge in [-0.2, -0.15) is 0 Å². The first-order chi connectivity index (χ1) is 10.8. The Morgan fingerprint density at radius 3 is 2.55 bits per heavy atom. The van der Waals surface area contributed by atoms with Gasteiger partial charge in [-0.15, -0.1) is 0 Å². The predicted molar refractivity (Wildman–Crippen MR) is 82.6 cm³/mol. The molecule has 0 N–H and O–H groups in total. The fraction of sp³-hybridized carbons (Fsp3) is 0.941. The quantitative estimate of drug-likeness (QED) is 0.770. The normalized spacial score (nSPS) is 37.5. The Bertz CT molecular complexity index is 405. The summed E-state index contributed by atoms with van der Waals surface area (Å²) in [5.74, 6) is 0.845. The van der Waals surface area contributed by atoms with Crippen LogP contribution in [-0.4, -0.2) is 73.3 Å². The van der Waals surface area contributed by atoms with E-state index in [0.29, 0.717) is 12.0 Å². The molecule has 0 aromatic carbocycles. The Labute approximate surface area is 132 Å². The van der Waals surface area contributed by atoms with Crippen molar-refractivity contribution in [1.82, 2.24) is 9.80 Å². The van der Waals surface area contributed by atoms with Gasteiger partial charge in [0, 0.05) is 38.9 Å². The zero-order chi connectivity index (χ0) is 14.9. The Hall–Kier alpha value is -0.650. The molecule has 4 aliphatic rings. The molecule has 3 atom stereocenters. The van der Waals surface area contributed by atoms with Gasteiger partial charge in [-0.05, 0) is 51.0 Å². The molecule has 4 aliphatic heterocycles. The summed E-state index contributed by atoms with van der Waals surface area (Å²) in [6.07, 6.45) is 6.84. The minimum Gasteiger partial charge on any atom is -0.381 e. The van der Waals surface area contributed by atoms with Gasteiger partial charge in [0.1, 0.15) is 6.10 Å². The molecule has 0 bridgehead atoms. The molecule has 124 valence electrons. The van der Waals surface area contributed by atoms with Crippen LogP contribution in [0.5, 0.6) is 0 Å². The number of amides is 1. The monoisotopic (exact) mass is 308 g/mol. The second-order valence-electron chi connectivity index (χ2n) is 7.32. The van der Waals surface area contributed by atoms with Crippen LogP contribution >= 0.6 is 0 Å². The molecule has 0 radical (unpaired) electrons. The molecule has 0 aromatic rings. The highest BCUT2D eigenvalue weighted by molar-refractivity contribution is 5.81. The van der Waals surface area contributed by atoms with Crippen molar-refractivity contribution in [2.24, 2.45) is 5.92 Å². The molecule has 0 spiro atoms. The molecule has 0 saturated carbocycles. The molecule has 0 unspecified atom stereocenters. The summed E-state index contributed by atoms with van der Waals surface area (Å²) < 4.78 is 11.7. The van der Waals surface area contributed by atoms with Crippen molar-refractivity contribution in [3.8, 4) is 0 Å². The molecule has 5 nitrogen and oxygen atoms in total. The first kappa shape index (κ1) is 14.9. The van der Waals surface area contributed by atoms with Crippen LogP contribution in [0, 0.1) is 5.92 Å². The molecule has 4 saturated heterocycles. The first-order valence-electron chi connectivity index (χ1n) is 9.07. The van der Waals surface area contributed by atoms with Gasteiger partial charge in [0.25, 0.3) is 5.91 Å². The Morgan fingerprint density at radius 2 is 1.77 bits per heavy atom. The summed E-state index contributed by atoms with van der Waals surface area (Å²) in [4.78, 5) is 17.1. The van der Waals surface area contributed by atoms with E-state index in [0.717, 1.165) is 65.0 Å². The highest BCUT2D eigenvalue weighted by Crippen LogP contribution is 2.35. The summed E-state index contributed by atoms with van der Waals surface area (Å²) in [5, 5.41) is 0. The van der Waals surface area contributed by atoms with E-state index in [4.69, 9.17) is 9.47 Å². The lowest BCUT2D eigenvalue weighted by molar-refractivity contribution is -0.142. The van der Waals surface area contributed by atoms with Crippen molar-refractivity contribution in [2.45, 2.75) is 56.8 Å². The summed E-state index contributed by atoms with van der Waals surface area (Å²) in [5.41, 5.74) is 0. The van der Waals surface area contributed by atoms with Crippen LogP contribution in [0.3, 0.4) is 0 Å². The molecule has 1 amide bonds. The highest BCUT2D eigenvalue weighted by atomic mass is 16.5. The highest BCUT2D eigenvalue weighted by Gasteiger charge is 2.44. The van der Waals surface area contributed by atoms with Crippen molar-refractivity contribution < 1.29 is 14.3 Å². The molecule has 0 aliphatic carbocycles. The van der Waals surface area contributed by atoms with Gasteiger partial charge in [-0.3, -0.25) is 9.69 Å². The minimum absolute atomic E-state index is 0.164. The van der Waals surface area contributed by atoms with Crippen molar-refractivity contribution in [3.05, 3.63) is 0 Å². The van der Waals surface area contributed by atoms with Gasteiger partial charge in [-0.1, -0.05) is 0 Å². The molecular weight excluding hydrogens is 280 g/mol. The summed E-state index contributed by atoms with van der Waals surface area (Å²) in [7, 11) is 0. The van der Waals surface area contributed by atoms with Crippen LogP contribution in [0.15, 0.2) is 0 Å². The lowest BCUT2D eigenvalue weighted by atomic mass is 9.90. The van der Waals surface area contributed by atoms with E-state index in [1.807, 2.05) is 4.90 Å². The van der Waals surface area contributed by atoms with Crippen molar-refractivity contribution in [3.63, 3.8) is 0 Å². The Balaban J connectivity index is 1.34. The van der Waals surface area contributed by atoms with Gasteiger partial charge in [-0.25, -0.2) is 0 Å². The maximum Gasteiger partial charge on any atom is 0.251 e. The van der Waals surface area contributed by atoms with Gasteiger partial charge >= 0.3 is 0 Å². The second-order valence-corrected chi connectivity index (χ2v) is 7.32. The number of carbonyl (C=O) groups is 1. The van der Waals surface area contributed by atoms with Gasteiger partial charge in [0.05, 0.1) is 6.10 Å². The molecule has 0 aromatic heterocycles. The lowest BCUT2D eigenvalue weighted by Crippen LogP contribution is -2.49. The number of hydrogen-bond acceptors (Lipinski definition) is 4. The van der Waals surface area contributed by atoms with Gasteiger partial charge in [0.2, 0.25) is 0 Å². The van der Waals surface area contributed by atoms with Crippen LogP contribution in [0.4, 0.5) is 0 Å². The smallest absolute Gasteiger partial charge is 0.251 e. The topological polar surface area (TPSA) is 42.0 Å². The molecular formula is C17H28N2O3. The van der Waals surface area contributed by atoms with E-state index in [1.165, 1.54) is 13.0 Å². The number of ether oxygens (including phenoxy) is 2. The molecule has 5 heteroatoms. The van der Waals surface area contributed by atoms with Crippen LogP contribution in [0.2, 0.25) is 0 Å². The maximum absolute atomic E-state index is 12.5. The van der Waals surface area contributed by atoms with E-state index in [2.05, 4.69) is 4.90 Å². The van der Waals surface area contributed by atoms with Gasteiger partial charge < -0.3 is 14.4 Å². The first-order valence-corrected chi connectivity index (χ1v) is 9.07. The van der Waals surface area contributed by atoms with E-state index < -0.39 is 0 Å². The average molecular weight is 308 g/mol. The zero-order valence-electron chi connectivity index (χ0n) is 13.4. The van der Waals surface area contributed by atoms with E-state index in [-0.39, 0.29) is 18.1 Å². The van der Waals surface area contributed by atoms with E-state index >= 15 is 0 Å². The summed E-state index contributed by atoms with van der Waals surface area (Å²) >= 11 is 0. The fourth-order valence-corrected chi connectivity index (χ4v) is 4.64. The summed E-state index contributed by atoms with van der Waals surface area (Å²) in [6, 6.07) is 0.659. The summed E-state index contributed by atoms with van der Waals surface area (Å²) in [6.45, 7) is 5.84. The average Bonchev–Trinajstić information content (AvgIpc) is 3.23. The predicted octanol–water partition coefficient (Wildman–Crippen LogP) is 1.27. The van der Waals surface area contributed by atoms with Crippen LogP contribution in [-0.2, 0) is 14.3 Å². The van der Waals surface area contributed by atoms with E-state index in [1.54, 1.807) is 0 Å². The molecule has 4 heterocycles. The number of rotatable bonds is 2.